The van der Waals surface area contributed by atoms with E-state index in [-0.39, 0.29) is 0 Å². The quantitative estimate of drug-likeness (QED) is 0.297. The van der Waals surface area contributed by atoms with E-state index in [1.807, 2.05) is 6.07 Å². The molecule has 0 radical (unpaired) electrons. The minimum atomic E-state index is -1.76. The second kappa shape index (κ2) is 9.29. The molecule has 0 aliphatic heterocycles. The first-order valence-electron chi connectivity index (χ1n) is 6.68. The highest BCUT2D eigenvalue weighted by molar-refractivity contribution is 5.87. The smallest absolute Gasteiger partial charge is 0.330 e. The number of hydrogen-bond acceptors (Lipinski definition) is 7. The lowest BCUT2D eigenvalue weighted by Gasteiger charge is -2.25. The third-order valence-electron chi connectivity index (χ3n) is 2.93. The topological polar surface area (TPSA) is 127 Å². The lowest BCUT2D eigenvalue weighted by Crippen LogP contribution is -2.47. The average Bonchev–Trinajstić information content (AvgIpc) is 2.56. The van der Waals surface area contributed by atoms with E-state index in [0.29, 0.717) is 0 Å². The Labute approximate surface area is 127 Å². The van der Waals surface area contributed by atoms with Crippen LogP contribution in [0.3, 0.4) is 0 Å². The van der Waals surface area contributed by atoms with E-state index in [1.54, 1.807) is 24.3 Å². The summed E-state index contributed by atoms with van der Waals surface area (Å²) in [7, 11) is 0. The largest absolute Gasteiger partial charge is 0.460 e. The molecular formula is C15H20O7. The number of aliphatic hydroxyl groups is 5. The van der Waals surface area contributed by atoms with Crippen molar-refractivity contribution >= 4 is 12.0 Å². The Morgan fingerprint density at radius 3 is 2.23 bits per heavy atom. The van der Waals surface area contributed by atoms with Crippen LogP contribution in [0.15, 0.2) is 36.4 Å². The monoisotopic (exact) mass is 312 g/mol. The van der Waals surface area contributed by atoms with Crippen molar-refractivity contribution in [3.05, 3.63) is 42.0 Å². The van der Waals surface area contributed by atoms with Gasteiger partial charge in [0.1, 0.15) is 31.0 Å². The molecule has 0 saturated carbocycles. The molecule has 1 aromatic carbocycles. The molecular weight excluding hydrogens is 292 g/mol. The van der Waals surface area contributed by atoms with E-state index in [2.05, 4.69) is 0 Å². The molecule has 1 rings (SSSR count). The Kier molecular flexibility index (Phi) is 7.72. The first-order valence-corrected chi connectivity index (χ1v) is 6.68. The molecule has 0 heterocycles. The van der Waals surface area contributed by atoms with E-state index in [0.717, 1.165) is 11.6 Å². The van der Waals surface area contributed by atoms with Crippen LogP contribution in [0.5, 0.6) is 0 Å². The Hall–Kier alpha value is -1.77. The van der Waals surface area contributed by atoms with Gasteiger partial charge in [-0.25, -0.2) is 4.79 Å². The van der Waals surface area contributed by atoms with Crippen LogP contribution >= 0.6 is 0 Å². The maximum absolute atomic E-state index is 11.4. The van der Waals surface area contributed by atoms with E-state index in [1.165, 1.54) is 6.08 Å². The molecule has 0 spiro atoms. The van der Waals surface area contributed by atoms with Gasteiger partial charge in [-0.05, 0) is 11.6 Å². The number of ether oxygens (including phenoxy) is 1. The van der Waals surface area contributed by atoms with Crippen molar-refractivity contribution in [2.24, 2.45) is 0 Å². The molecule has 7 nitrogen and oxygen atoms in total. The summed E-state index contributed by atoms with van der Waals surface area (Å²) < 4.78 is 4.72. The minimum absolute atomic E-state index is 0.561. The second-order valence-electron chi connectivity index (χ2n) is 4.67. The van der Waals surface area contributed by atoms with E-state index in [9.17, 15) is 20.1 Å². The van der Waals surface area contributed by atoms with Gasteiger partial charge in [-0.3, -0.25) is 0 Å². The number of carbonyl (C=O) groups excluding carboxylic acids is 1. The van der Waals surface area contributed by atoms with Crippen molar-refractivity contribution in [2.45, 2.75) is 24.4 Å². The Bertz CT molecular complexity index is 474. The van der Waals surface area contributed by atoms with Crippen molar-refractivity contribution in [3.63, 3.8) is 0 Å². The van der Waals surface area contributed by atoms with Gasteiger partial charge in [0.05, 0.1) is 6.61 Å². The van der Waals surface area contributed by atoms with Crippen molar-refractivity contribution in [1.82, 2.24) is 0 Å². The van der Waals surface area contributed by atoms with Crippen molar-refractivity contribution < 1.29 is 35.1 Å². The maximum Gasteiger partial charge on any atom is 0.330 e. The van der Waals surface area contributed by atoms with Crippen molar-refractivity contribution in [3.8, 4) is 0 Å². The van der Waals surface area contributed by atoms with Gasteiger partial charge >= 0.3 is 5.97 Å². The third kappa shape index (κ3) is 5.92. The highest BCUT2D eigenvalue weighted by Crippen LogP contribution is 2.06. The molecule has 122 valence electrons. The highest BCUT2D eigenvalue weighted by Gasteiger charge is 2.30. The summed E-state index contributed by atoms with van der Waals surface area (Å²) in [4.78, 5) is 11.4. The van der Waals surface area contributed by atoms with Gasteiger partial charge in [-0.1, -0.05) is 30.3 Å². The van der Waals surface area contributed by atoms with Crippen LogP contribution < -0.4 is 0 Å². The molecule has 1 aromatic rings. The Morgan fingerprint density at radius 1 is 1.05 bits per heavy atom. The molecule has 0 unspecified atom stereocenters. The second-order valence-corrected chi connectivity index (χ2v) is 4.67. The van der Waals surface area contributed by atoms with Crippen LogP contribution in [-0.2, 0) is 9.53 Å². The van der Waals surface area contributed by atoms with Crippen LogP contribution in [0.4, 0.5) is 0 Å². The zero-order valence-corrected chi connectivity index (χ0v) is 11.8. The molecule has 0 amide bonds. The summed E-state index contributed by atoms with van der Waals surface area (Å²) in [6, 6.07) is 9.02. The lowest BCUT2D eigenvalue weighted by molar-refractivity contribution is -0.151. The summed E-state index contributed by atoms with van der Waals surface area (Å²) in [6.07, 6.45) is -4.02. The summed E-state index contributed by atoms with van der Waals surface area (Å²) in [5, 5.41) is 46.3. The molecule has 0 bridgehead atoms. The van der Waals surface area contributed by atoms with Crippen LogP contribution in [0.1, 0.15) is 5.56 Å². The fourth-order valence-corrected chi connectivity index (χ4v) is 1.61. The van der Waals surface area contributed by atoms with Gasteiger partial charge in [-0.2, -0.15) is 0 Å². The minimum Gasteiger partial charge on any atom is -0.460 e. The van der Waals surface area contributed by atoms with Gasteiger partial charge in [0.25, 0.3) is 0 Å². The highest BCUT2D eigenvalue weighted by atomic mass is 16.5. The molecule has 0 aromatic heterocycles. The number of benzene rings is 1. The number of hydrogen-bond donors (Lipinski definition) is 5. The van der Waals surface area contributed by atoms with Crippen molar-refractivity contribution in [1.29, 1.82) is 0 Å². The molecule has 7 heteroatoms. The zero-order chi connectivity index (χ0) is 16.5. The number of carbonyl (C=O) groups is 1. The number of aliphatic hydroxyl groups excluding tert-OH is 5. The van der Waals surface area contributed by atoms with Gasteiger partial charge < -0.3 is 30.3 Å². The summed E-state index contributed by atoms with van der Waals surface area (Å²) in [5.74, 6) is -0.729. The molecule has 5 N–H and O–H groups in total. The molecule has 4 atom stereocenters. The number of esters is 1. The van der Waals surface area contributed by atoms with E-state index >= 15 is 0 Å². The SMILES string of the molecule is O=C(/C=C/c1ccccc1)OC[C@@H](O)[C@@H](O)[C@H](O)[C@@H](O)CO. The van der Waals surface area contributed by atoms with Crippen molar-refractivity contribution in [2.75, 3.05) is 13.2 Å². The van der Waals surface area contributed by atoms with Gasteiger partial charge in [0, 0.05) is 6.08 Å². The molecule has 0 fully saturated rings. The predicted octanol–water partition coefficient (Wildman–Crippen LogP) is -1.32. The van der Waals surface area contributed by atoms with Crippen LogP contribution in [0.25, 0.3) is 6.08 Å². The zero-order valence-electron chi connectivity index (χ0n) is 11.8. The Morgan fingerprint density at radius 2 is 1.64 bits per heavy atom. The van der Waals surface area contributed by atoms with E-state index < -0.39 is 43.6 Å². The fourth-order valence-electron chi connectivity index (χ4n) is 1.61. The average molecular weight is 312 g/mol. The van der Waals surface area contributed by atoms with Crippen LogP contribution in [0, 0.1) is 0 Å². The van der Waals surface area contributed by atoms with Crippen LogP contribution in [-0.4, -0.2) is 69.1 Å². The van der Waals surface area contributed by atoms with E-state index in [4.69, 9.17) is 14.9 Å². The standard InChI is InChI=1S/C15H20O7/c16-8-11(17)14(20)15(21)12(18)9-22-13(19)7-6-10-4-2-1-3-5-10/h1-7,11-12,14-18,20-21H,8-9H2/b7-6+/t11-,12+,14+,15+/m0/s1. The maximum atomic E-state index is 11.4. The lowest BCUT2D eigenvalue weighted by atomic mass is 10.0. The summed E-state index contributed by atoms with van der Waals surface area (Å²) >= 11 is 0. The van der Waals surface area contributed by atoms with Gasteiger partial charge in [-0.15, -0.1) is 0 Å². The normalized spacial score (nSPS) is 17.0. The van der Waals surface area contributed by atoms with Gasteiger partial charge in [0.2, 0.25) is 0 Å². The molecule has 0 aliphatic rings. The van der Waals surface area contributed by atoms with Gasteiger partial charge in [0.15, 0.2) is 0 Å². The third-order valence-corrected chi connectivity index (χ3v) is 2.93. The first-order chi connectivity index (χ1) is 10.5. The van der Waals surface area contributed by atoms with Crippen LogP contribution in [0.2, 0.25) is 0 Å². The number of rotatable bonds is 8. The predicted molar refractivity (Wildman–Crippen MR) is 77.5 cm³/mol. The summed E-state index contributed by atoms with van der Waals surface area (Å²) in [5.41, 5.74) is 0.793. The first kappa shape index (κ1) is 18.3. The molecule has 0 aliphatic carbocycles. The Balaban J connectivity index is 2.41. The fraction of sp³-hybridized carbons (Fsp3) is 0.400. The molecule has 0 saturated heterocycles. The summed E-state index contributed by atoms with van der Waals surface area (Å²) in [6.45, 7) is -1.33. The molecule has 22 heavy (non-hydrogen) atoms.